The number of aryl methyl sites for hydroxylation is 1. The van der Waals surface area contributed by atoms with Gasteiger partial charge in [0.05, 0.1) is 14.2 Å². The highest BCUT2D eigenvalue weighted by Gasteiger charge is 2.17. The Balaban J connectivity index is 1.96. The van der Waals surface area contributed by atoms with Crippen LogP contribution < -0.4 is 15.0 Å². The molecule has 1 N–H and O–H groups in total. The van der Waals surface area contributed by atoms with Crippen LogP contribution in [0.25, 0.3) is 28.3 Å². The average Bonchev–Trinajstić information content (AvgIpc) is 3.31. The first-order valence-electron chi connectivity index (χ1n) is 8.36. The summed E-state index contributed by atoms with van der Waals surface area (Å²) < 4.78 is 14.1. The van der Waals surface area contributed by atoms with Gasteiger partial charge in [-0.1, -0.05) is 6.92 Å². The molecule has 0 amide bonds. The zero-order valence-corrected chi connectivity index (χ0v) is 14.8. The molecule has 0 unspecified atom stereocenters. The molecular weight excluding hydrogens is 334 g/mol. The van der Waals surface area contributed by atoms with E-state index in [9.17, 15) is 4.79 Å². The number of aromatic amines is 1. The second-order valence-corrected chi connectivity index (χ2v) is 5.91. The fraction of sp³-hybridized carbons (Fsp3) is 0.278. The van der Waals surface area contributed by atoms with Gasteiger partial charge < -0.3 is 14.5 Å². The Bertz CT molecular complexity index is 1160. The van der Waals surface area contributed by atoms with Gasteiger partial charge in [0.2, 0.25) is 5.78 Å². The molecule has 0 fully saturated rings. The highest BCUT2D eigenvalue weighted by atomic mass is 16.5. The fourth-order valence-electron chi connectivity index (χ4n) is 3.12. The number of methoxy groups -OCH3 is 2. The normalized spacial score (nSPS) is 11.3. The second-order valence-electron chi connectivity index (χ2n) is 5.91. The number of rotatable bonds is 5. The van der Waals surface area contributed by atoms with Crippen LogP contribution in [0.1, 0.15) is 13.3 Å². The van der Waals surface area contributed by atoms with Crippen molar-refractivity contribution in [3.8, 4) is 22.9 Å². The maximum atomic E-state index is 12.9. The Morgan fingerprint density at radius 3 is 2.73 bits per heavy atom. The number of benzene rings is 1. The molecule has 0 radical (unpaired) electrons. The minimum atomic E-state index is -0.125. The molecule has 1 aromatic carbocycles. The lowest BCUT2D eigenvalue weighted by Crippen LogP contribution is -2.23. The fourth-order valence-corrected chi connectivity index (χ4v) is 3.12. The van der Waals surface area contributed by atoms with E-state index < -0.39 is 0 Å². The smallest absolute Gasteiger partial charge is 0.280 e. The third kappa shape index (κ3) is 2.33. The SMILES string of the molecule is CCCn1c(=O)c2[nH]c(-c3ccc(OC)c(OC)c3)nc2n2ccnc12. The molecule has 0 saturated heterocycles. The van der Waals surface area contributed by atoms with Gasteiger partial charge in [-0.3, -0.25) is 13.8 Å². The van der Waals surface area contributed by atoms with Crippen molar-refractivity contribution >= 4 is 16.9 Å². The number of nitrogens with zero attached hydrogens (tertiary/aromatic N) is 4. The van der Waals surface area contributed by atoms with Crippen molar-refractivity contribution in [2.24, 2.45) is 0 Å². The van der Waals surface area contributed by atoms with Crippen molar-refractivity contribution in [3.05, 3.63) is 40.9 Å². The Kier molecular flexibility index (Phi) is 3.87. The number of hydrogen-bond donors (Lipinski definition) is 1. The number of ether oxygens (including phenoxy) is 2. The van der Waals surface area contributed by atoms with Gasteiger partial charge in [0.25, 0.3) is 5.56 Å². The van der Waals surface area contributed by atoms with Crippen molar-refractivity contribution in [2.45, 2.75) is 19.9 Å². The second kappa shape index (κ2) is 6.21. The summed E-state index contributed by atoms with van der Waals surface area (Å²) in [5.74, 6) is 2.41. The number of H-pyrrole nitrogens is 1. The Hall–Kier alpha value is -3.29. The minimum Gasteiger partial charge on any atom is -0.493 e. The molecule has 0 bridgehead atoms. The van der Waals surface area contributed by atoms with Gasteiger partial charge in [-0.05, 0) is 24.6 Å². The zero-order chi connectivity index (χ0) is 18.3. The van der Waals surface area contributed by atoms with E-state index >= 15 is 0 Å². The van der Waals surface area contributed by atoms with Crippen LogP contribution >= 0.6 is 0 Å². The molecule has 8 nitrogen and oxygen atoms in total. The molecular formula is C18H19N5O3. The molecule has 0 atom stereocenters. The first-order valence-corrected chi connectivity index (χ1v) is 8.36. The predicted octanol–water partition coefficient (Wildman–Crippen LogP) is 2.47. The topological polar surface area (TPSA) is 86.4 Å². The van der Waals surface area contributed by atoms with E-state index in [0.717, 1.165) is 12.0 Å². The van der Waals surface area contributed by atoms with E-state index in [1.54, 1.807) is 25.0 Å². The Morgan fingerprint density at radius 1 is 1.19 bits per heavy atom. The predicted molar refractivity (Wildman–Crippen MR) is 97.9 cm³/mol. The lowest BCUT2D eigenvalue weighted by atomic mass is 10.2. The maximum absolute atomic E-state index is 12.9. The Morgan fingerprint density at radius 2 is 2.00 bits per heavy atom. The maximum Gasteiger partial charge on any atom is 0.280 e. The molecule has 3 heterocycles. The molecule has 26 heavy (non-hydrogen) atoms. The average molecular weight is 353 g/mol. The third-order valence-electron chi connectivity index (χ3n) is 4.34. The number of nitrogens with one attached hydrogen (secondary N) is 1. The van der Waals surface area contributed by atoms with E-state index in [1.807, 2.05) is 35.7 Å². The molecule has 8 heteroatoms. The van der Waals surface area contributed by atoms with Crippen LogP contribution in [0, 0.1) is 0 Å². The number of aromatic nitrogens is 5. The molecule has 0 aliphatic carbocycles. The largest absolute Gasteiger partial charge is 0.493 e. The van der Waals surface area contributed by atoms with Crippen LogP contribution in [0.2, 0.25) is 0 Å². The first kappa shape index (κ1) is 16.2. The van der Waals surface area contributed by atoms with Gasteiger partial charge in [0, 0.05) is 24.5 Å². The minimum absolute atomic E-state index is 0.125. The number of imidazole rings is 2. The van der Waals surface area contributed by atoms with Gasteiger partial charge in [-0.2, -0.15) is 0 Å². The summed E-state index contributed by atoms with van der Waals surface area (Å²) >= 11 is 0. The molecule has 4 rings (SSSR count). The summed E-state index contributed by atoms with van der Waals surface area (Å²) in [4.78, 5) is 25.0. The lowest BCUT2D eigenvalue weighted by Gasteiger charge is -2.08. The van der Waals surface area contributed by atoms with Crippen molar-refractivity contribution in [1.29, 1.82) is 0 Å². The molecule has 0 saturated carbocycles. The van der Waals surface area contributed by atoms with Crippen LogP contribution in [0.5, 0.6) is 11.5 Å². The molecule has 0 aliphatic heterocycles. The van der Waals surface area contributed by atoms with Crippen molar-refractivity contribution in [3.63, 3.8) is 0 Å². The summed E-state index contributed by atoms with van der Waals surface area (Å²) in [5.41, 5.74) is 1.68. The summed E-state index contributed by atoms with van der Waals surface area (Å²) in [5, 5.41) is 0. The van der Waals surface area contributed by atoms with E-state index in [-0.39, 0.29) is 5.56 Å². The van der Waals surface area contributed by atoms with Gasteiger partial charge >= 0.3 is 0 Å². The van der Waals surface area contributed by atoms with E-state index in [0.29, 0.717) is 40.8 Å². The first-order chi connectivity index (χ1) is 12.7. The van der Waals surface area contributed by atoms with Gasteiger partial charge in [-0.15, -0.1) is 0 Å². The zero-order valence-electron chi connectivity index (χ0n) is 14.8. The van der Waals surface area contributed by atoms with Crippen LogP contribution in [-0.2, 0) is 6.54 Å². The van der Waals surface area contributed by atoms with Crippen LogP contribution in [0.3, 0.4) is 0 Å². The summed E-state index contributed by atoms with van der Waals surface area (Å²) in [6.07, 6.45) is 4.32. The lowest BCUT2D eigenvalue weighted by molar-refractivity contribution is 0.355. The standard InChI is InChI=1S/C18H19N5O3/c1-4-8-23-17(24)14-16(22-9-7-19-18(22)23)21-15(20-14)11-5-6-12(25-2)13(10-11)26-3/h5-7,9-10H,4,8H2,1-3H3,(H,20,21). The number of fused-ring (bicyclic) bond motifs is 3. The van der Waals surface area contributed by atoms with Crippen LogP contribution in [-0.4, -0.2) is 38.1 Å². The van der Waals surface area contributed by atoms with Gasteiger partial charge in [0.15, 0.2) is 22.7 Å². The van der Waals surface area contributed by atoms with Gasteiger partial charge in [0.1, 0.15) is 5.82 Å². The summed E-state index contributed by atoms with van der Waals surface area (Å²) in [6.45, 7) is 2.62. The van der Waals surface area contributed by atoms with Crippen molar-refractivity contribution < 1.29 is 9.47 Å². The molecule has 134 valence electrons. The van der Waals surface area contributed by atoms with E-state index in [4.69, 9.17) is 9.47 Å². The highest BCUT2D eigenvalue weighted by Crippen LogP contribution is 2.31. The molecule has 0 spiro atoms. The monoisotopic (exact) mass is 353 g/mol. The molecule has 3 aromatic heterocycles. The third-order valence-corrected chi connectivity index (χ3v) is 4.34. The quantitative estimate of drug-likeness (QED) is 0.596. The van der Waals surface area contributed by atoms with Crippen molar-refractivity contribution in [2.75, 3.05) is 14.2 Å². The van der Waals surface area contributed by atoms with Crippen molar-refractivity contribution in [1.82, 2.24) is 23.9 Å². The van der Waals surface area contributed by atoms with Gasteiger partial charge in [-0.25, -0.2) is 9.97 Å². The van der Waals surface area contributed by atoms with E-state index in [2.05, 4.69) is 15.0 Å². The van der Waals surface area contributed by atoms with E-state index in [1.165, 1.54) is 0 Å². The summed E-state index contributed by atoms with van der Waals surface area (Å²) in [6, 6.07) is 5.50. The van der Waals surface area contributed by atoms with Crippen LogP contribution in [0.4, 0.5) is 0 Å². The van der Waals surface area contributed by atoms with Crippen LogP contribution in [0.15, 0.2) is 35.4 Å². The Labute approximate surface area is 149 Å². The molecule has 4 aromatic rings. The summed E-state index contributed by atoms with van der Waals surface area (Å²) in [7, 11) is 3.17. The number of hydrogen-bond acceptors (Lipinski definition) is 5. The highest BCUT2D eigenvalue weighted by molar-refractivity contribution is 5.78. The molecule has 0 aliphatic rings.